The number of ether oxygens (including phenoxy) is 2. The summed E-state index contributed by atoms with van der Waals surface area (Å²) in [4.78, 5) is 24.2. The lowest BCUT2D eigenvalue weighted by molar-refractivity contribution is -0.147. The van der Waals surface area contributed by atoms with Gasteiger partial charge < -0.3 is 9.47 Å². The van der Waals surface area contributed by atoms with Gasteiger partial charge in [0.1, 0.15) is 21.9 Å². The largest absolute Gasteiger partial charge is 0.460 e. The van der Waals surface area contributed by atoms with Gasteiger partial charge in [0.05, 0.1) is 0 Å². The van der Waals surface area contributed by atoms with Crippen molar-refractivity contribution >= 4 is 43.8 Å². The van der Waals surface area contributed by atoms with E-state index in [2.05, 4.69) is 31.9 Å². The van der Waals surface area contributed by atoms with Crippen molar-refractivity contribution in [3.63, 3.8) is 0 Å². The number of carbonyl (C=O) groups excluding carboxylic acids is 2. The molecule has 0 amide bonds. The minimum Gasteiger partial charge on any atom is -0.460 e. The first-order chi connectivity index (χ1) is 13.0. The fourth-order valence-electron chi connectivity index (χ4n) is 2.45. The van der Waals surface area contributed by atoms with Crippen LogP contribution in [0.1, 0.15) is 38.8 Å². The van der Waals surface area contributed by atoms with Crippen LogP contribution >= 0.6 is 31.9 Å². The Kier molecular flexibility index (Phi) is 7.46. The van der Waals surface area contributed by atoms with Gasteiger partial charge in [0.15, 0.2) is 0 Å². The average molecular weight is 512 g/mol. The maximum Gasteiger partial charge on any atom is 0.322 e. The van der Waals surface area contributed by atoms with Crippen molar-refractivity contribution < 1.29 is 19.1 Å². The first kappa shape index (κ1) is 22.6. The summed E-state index contributed by atoms with van der Waals surface area (Å²) in [6, 6.07) is 15.5. The monoisotopic (exact) mass is 510 g/mol. The van der Waals surface area contributed by atoms with E-state index in [1.165, 1.54) is 0 Å². The Morgan fingerprint density at radius 3 is 1.36 bits per heavy atom. The molecule has 0 atom stereocenters. The summed E-state index contributed by atoms with van der Waals surface area (Å²) in [7, 11) is 0. The highest BCUT2D eigenvalue weighted by Gasteiger charge is 2.27. The maximum absolute atomic E-state index is 12.1. The number of hydrogen-bond donors (Lipinski definition) is 0. The molecule has 4 nitrogen and oxygen atoms in total. The Bertz CT molecular complexity index is 777. The normalized spacial score (nSPS) is 11.8. The van der Waals surface area contributed by atoms with Crippen LogP contribution < -0.4 is 0 Å². The number of carbonyl (C=O) groups is 2. The fraction of sp³-hybridized carbons (Fsp3) is 0.364. The van der Waals surface area contributed by atoms with Crippen molar-refractivity contribution in [2.75, 3.05) is 0 Å². The highest BCUT2D eigenvalue weighted by Crippen LogP contribution is 2.29. The van der Waals surface area contributed by atoms with Crippen molar-refractivity contribution in [1.82, 2.24) is 0 Å². The molecular formula is C22H24Br2O4. The summed E-state index contributed by atoms with van der Waals surface area (Å²) >= 11 is 6.63. The molecule has 0 aromatic heterocycles. The van der Waals surface area contributed by atoms with Gasteiger partial charge in [-0.2, -0.15) is 0 Å². The van der Waals surface area contributed by atoms with Crippen LogP contribution in [0.25, 0.3) is 11.1 Å². The highest BCUT2D eigenvalue weighted by molar-refractivity contribution is 9.10. The summed E-state index contributed by atoms with van der Waals surface area (Å²) < 4.78 is 9.44. The van der Waals surface area contributed by atoms with Crippen LogP contribution in [0.4, 0.5) is 0 Å². The molecule has 0 aliphatic carbocycles. The third kappa shape index (κ3) is 6.17. The van der Waals surface area contributed by atoms with Crippen molar-refractivity contribution in [2.24, 2.45) is 0 Å². The van der Waals surface area contributed by atoms with Gasteiger partial charge >= 0.3 is 11.9 Å². The SMILES string of the molecule is CC(C)(Br)C(=O)OCc1ccccc1-c1ccccc1COC(=O)C(C)(C)Br. The van der Waals surface area contributed by atoms with Crippen LogP contribution in [0.15, 0.2) is 48.5 Å². The molecule has 28 heavy (non-hydrogen) atoms. The lowest BCUT2D eigenvalue weighted by Crippen LogP contribution is -2.26. The minimum atomic E-state index is -0.740. The molecule has 6 heteroatoms. The van der Waals surface area contributed by atoms with E-state index in [0.29, 0.717) is 0 Å². The molecule has 0 heterocycles. The van der Waals surface area contributed by atoms with Gasteiger partial charge in [-0.05, 0) is 49.9 Å². The minimum absolute atomic E-state index is 0.159. The van der Waals surface area contributed by atoms with Gasteiger partial charge in [-0.1, -0.05) is 80.4 Å². The van der Waals surface area contributed by atoms with Gasteiger partial charge in [-0.25, -0.2) is 0 Å². The van der Waals surface area contributed by atoms with Crippen LogP contribution in [0.5, 0.6) is 0 Å². The average Bonchev–Trinajstić information content (AvgIpc) is 2.63. The molecule has 0 saturated carbocycles. The van der Waals surface area contributed by atoms with E-state index in [0.717, 1.165) is 22.3 Å². The first-order valence-electron chi connectivity index (χ1n) is 8.88. The molecule has 0 fully saturated rings. The van der Waals surface area contributed by atoms with Crippen LogP contribution in [-0.4, -0.2) is 20.6 Å². The molecule has 150 valence electrons. The number of esters is 2. The van der Waals surface area contributed by atoms with Crippen LogP contribution in [0, 0.1) is 0 Å². The Labute approximate surface area is 182 Å². The number of hydrogen-bond acceptors (Lipinski definition) is 4. The molecule has 2 aromatic carbocycles. The Hall–Kier alpha value is -1.66. The van der Waals surface area contributed by atoms with Crippen LogP contribution in [0.3, 0.4) is 0 Å². The van der Waals surface area contributed by atoms with E-state index in [4.69, 9.17) is 9.47 Å². The third-order valence-corrected chi connectivity index (χ3v) is 4.66. The number of benzene rings is 2. The van der Waals surface area contributed by atoms with E-state index in [9.17, 15) is 9.59 Å². The summed E-state index contributed by atoms with van der Waals surface area (Å²) in [5.41, 5.74) is 3.64. The van der Waals surface area contributed by atoms with E-state index >= 15 is 0 Å². The highest BCUT2D eigenvalue weighted by atomic mass is 79.9. The van der Waals surface area contributed by atoms with Crippen LogP contribution in [-0.2, 0) is 32.3 Å². The lowest BCUT2D eigenvalue weighted by atomic mass is 9.96. The van der Waals surface area contributed by atoms with Gasteiger partial charge in [0, 0.05) is 0 Å². The van der Waals surface area contributed by atoms with Gasteiger partial charge in [0.2, 0.25) is 0 Å². The zero-order chi connectivity index (χ0) is 20.9. The third-order valence-electron chi connectivity index (χ3n) is 4.01. The molecule has 0 saturated heterocycles. The maximum atomic E-state index is 12.1. The number of rotatable bonds is 7. The Morgan fingerprint density at radius 1 is 0.714 bits per heavy atom. The predicted octanol–water partition coefficient (Wildman–Crippen LogP) is 5.79. The molecule has 2 rings (SSSR count). The predicted molar refractivity (Wildman–Crippen MR) is 117 cm³/mol. The van der Waals surface area contributed by atoms with E-state index in [1.54, 1.807) is 27.7 Å². The first-order valence-corrected chi connectivity index (χ1v) is 10.5. The van der Waals surface area contributed by atoms with Crippen molar-refractivity contribution in [3.8, 4) is 11.1 Å². The summed E-state index contributed by atoms with van der Waals surface area (Å²) in [5.74, 6) is -0.659. The molecule has 0 unspecified atom stereocenters. The second kappa shape index (κ2) is 9.23. The van der Waals surface area contributed by atoms with Crippen molar-refractivity contribution in [1.29, 1.82) is 0 Å². The molecule has 2 aromatic rings. The van der Waals surface area contributed by atoms with Gasteiger partial charge in [-0.3, -0.25) is 9.59 Å². The molecule has 0 spiro atoms. The zero-order valence-electron chi connectivity index (χ0n) is 16.4. The summed E-state index contributed by atoms with van der Waals surface area (Å²) in [6.07, 6.45) is 0. The zero-order valence-corrected chi connectivity index (χ0v) is 19.6. The standard InChI is InChI=1S/C22H24Br2O4/c1-21(2,23)19(25)27-13-15-9-5-7-11-17(15)18-12-8-6-10-16(18)14-28-20(26)22(3,4)24/h5-12H,13-14H2,1-4H3. The van der Waals surface area contributed by atoms with Gasteiger partial charge in [-0.15, -0.1) is 0 Å². The summed E-state index contributed by atoms with van der Waals surface area (Å²) in [5, 5.41) is 0. The van der Waals surface area contributed by atoms with E-state index < -0.39 is 8.65 Å². The fourth-order valence-corrected chi connectivity index (χ4v) is 2.68. The van der Waals surface area contributed by atoms with E-state index in [1.807, 2.05) is 48.5 Å². The Balaban J connectivity index is 2.26. The smallest absolute Gasteiger partial charge is 0.322 e. The Morgan fingerprint density at radius 2 is 1.04 bits per heavy atom. The number of halogens is 2. The van der Waals surface area contributed by atoms with Crippen LogP contribution in [0.2, 0.25) is 0 Å². The van der Waals surface area contributed by atoms with Crippen molar-refractivity contribution in [3.05, 3.63) is 59.7 Å². The number of alkyl halides is 2. The molecule has 0 bridgehead atoms. The quantitative estimate of drug-likeness (QED) is 0.349. The topological polar surface area (TPSA) is 52.6 Å². The summed E-state index contributed by atoms with van der Waals surface area (Å²) in [6.45, 7) is 7.30. The van der Waals surface area contributed by atoms with Gasteiger partial charge in [0.25, 0.3) is 0 Å². The molecule has 0 aliphatic rings. The molecular weight excluding hydrogens is 488 g/mol. The molecule has 0 radical (unpaired) electrons. The molecule has 0 N–H and O–H groups in total. The second-order valence-electron chi connectivity index (χ2n) is 7.41. The van der Waals surface area contributed by atoms with Crippen molar-refractivity contribution in [2.45, 2.75) is 49.6 Å². The van der Waals surface area contributed by atoms with E-state index in [-0.39, 0.29) is 25.2 Å². The molecule has 0 aliphatic heterocycles. The lowest BCUT2D eigenvalue weighted by Gasteiger charge is -2.18. The second-order valence-corrected chi connectivity index (χ2v) is 11.4.